The number of hydrogen-bond donors (Lipinski definition) is 0. The number of rotatable bonds is 5. The maximum atomic E-state index is 13.9. The van der Waals surface area contributed by atoms with Gasteiger partial charge >= 0.3 is 0 Å². The molecular formula is C22H16F3NO2S. The van der Waals surface area contributed by atoms with Crippen LogP contribution in [0.3, 0.4) is 0 Å². The molecule has 0 radical (unpaired) electrons. The molecule has 3 aromatic rings. The van der Waals surface area contributed by atoms with E-state index in [1.807, 2.05) is 24.3 Å². The van der Waals surface area contributed by atoms with Crippen LogP contribution in [0, 0.1) is 17.5 Å². The Labute approximate surface area is 168 Å². The summed E-state index contributed by atoms with van der Waals surface area (Å²) in [4.78, 5) is 4.87. The van der Waals surface area contributed by atoms with E-state index < -0.39 is 22.4 Å². The first-order chi connectivity index (χ1) is 14.0. The van der Waals surface area contributed by atoms with Gasteiger partial charge < -0.3 is 4.74 Å². The minimum atomic E-state index is -1.29. The van der Waals surface area contributed by atoms with Crippen LogP contribution in [0.15, 0.2) is 76.6 Å². The van der Waals surface area contributed by atoms with Crippen molar-refractivity contribution in [1.29, 1.82) is 0 Å². The van der Waals surface area contributed by atoms with Gasteiger partial charge in [0.2, 0.25) is 5.90 Å². The largest absolute Gasteiger partial charge is 0.475 e. The van der Waals surface area contributed by atoms with Crippen molar-refractivity contribution in [2.45, 2.75) is 16.7 Å². The molecular weight excluding hydrogens is 399 g/mol. The standard InChI is InChI=1S/C22H16F3NO2S/c23-16-8-10-17(11-9-16)29(27)13-14-4-6-15(7-5-14)20-12-28-22(26-20)21-18(24)2-1-3-19(21)25/h1-11,20H,12-13H2. The lowest BCUT2D eigenvalue weighted by atomic mass is 10.1. The lowest BCUT2D eigenvalue weighted by molar-refractivity contribution is 0.317. The molecule has 2 unspecified atom stereocenters. The fourth-order valence-electron chi connectivity index (χ4n) is 3.04. The predicted molar refractivity (Wildman–Crippen MR) is 105 cm³/mol. The van der Waals surface area contributed by atoms with Crippen molar-refractivity contribution in [1.82, 2.24) is 0 Å². The van der Waals surface area contributed by atoms with E-state index in [1.54, 1.807) is 0 Å². The third-order valence-electron chi connectivity index (χ3n) is 4.57. The number of benzene rings is 3. The quantitative estimate of drug-likeness (QED) is 0.593. The van der Waals surface area contributed by atoms with Gasteiger partial charge in [-0.25, -0.2) is 18.2 Å². The third kappa shape index (κ3) is 4.24. The fourth-order valence-corrected chi connectivity index (χ4v) is 4.14. The van der Waals surface area contributed by atoms with Crippen LogP contribution in [-0.4, -0.2) is 16.7 Å². The smallest absolute Gasteiger partial charge is 0.222 e. The van der Waals surface area contributed by atoms with E-state index in [9.17, 15) is 17.4 Å². The molecule has 0 N–H and O–H groups in total. The maximum Gasteiger partial charge on any atom is 0.222 e. The lowest BCUT2D eigenvalue weighted by Crippen LogP contribution is -2.07. The van der Waals surface area contributed by atoms with E-state index in [0.717, 1.165) is 23.3 Å². The predicted octanol–water partition coefficient (Wildman–Crippen LogP) is 4.93. The van der Waals surface area contributed by atoms with E-state index in [0.29, 0.717) is 10.6 Å². The van der Waals surface area contributed by atoms with Gasteiger partial charge in [-0.3, -0.25) is 4.21 Å². The van der Waals surface area contributed by atoms with Crippen molar-refractivity contribution in [3.05, 3.63) is 101 Å². The normalized spacial score (nSPS) is 16.9. The lowest BCUT2D eigenvalue weighted by Gasteiger charge is -2.07. The Morgan fingerprint density at radius 3 is 2.24 bits per heavy atom. The summed E-state index contributed by atoms with van der Waals surface area (Å²) < 4.78 is 58.7. The van der Waals surface area contributed by atoms with Gasteiger partial charge in [0.25, 0.3) is 0 Å². The number of nitrogens with zero attached hydrogens (tertiary/aromatic N) is 1. The topological polar surface area (TPSA) is 38.7 Å². The van der Waals surface area contributed by atoms with Crippen LogP contribution in [-0.2, 0) is 21.3 Å². The van der Waals surface area contributed by atoms with E-state index in [4.69, 9.17) is 4.74 Å². The van der Waals surface area contributed by atoms with Gasteiger partial charge in [-0.1, -0.05) is 30.3 Å². The molecule has 1 aliphatic heterocycles. The Kier molecular flexibility index (Phi) is 5.49. The van der Waals surface area contributed by atoms with Crippen molar-refractivity contribution in [3.8, 4) is 0 Å². The van der Waals surface area contributed by atoms with Gasteiger partial charge in [-0.05, 0) is 47.5 Å². The Hall–Kier alpha value is -2.93. The van der Waals surface area contributed by atoms with Crippen LogP contribution in [0.1, 0.15) is 22.7 Å². The van der Waals surface area contributed by atoms with Crippen molar-refractivity contribution in [2.75, 3.05) is 6.61 Å². The van der Waals surface area contributed by atoms with Crippen LogP contribution in [0.2, 0.25) is 0 Å². The van der Waals surface area contributed by atoms with Crippen LogP contribution in [0.4, 0.5) is 13.2 Å². The highest BCUT2D eigenvalue weighted by Gasteiger charge is 2.26. The van der Waals surface area contributed by atoms with Crippen molar-refractivity contribution >= 4 is 16.7 Å². The summed E-state index contributed by atoms with van der Waals surface area (Å²) in [5, 5.41) is 0. The summed E-state index contributed by atoms with van der Waals surface area (Å²) in [7, 11) is -1.29. The Bertz CT molecular complexity index is 1060. The van der Waals surface area contributed by atoms with Crippen LogP contribution >= 0.6 is 0 Å². The van der Waals surface area contributed by atoms with E-state index in [-0.39, 0.29) is 29.9 Å². The first kappa shape index (κ1) is 19.4. The Morgan fingerprint density at radius 2 is 1.59 bits per heavy atom. The summed E-state index contributed by atoms with van der Waals surface area (Å²) in [6.45, 7) is 0.184. The minimum Gasteiger partial charge on any atom is -0.475 e. The molecule has 29 heavy (non-hydrogen) atoms. The molecule has 2 atom stereocenters. The summed E-state index contributed by atoms with van der Waals surface area (Å²) in [6, 6.07) is 16.1. The average Bonchev–Trinajstić information content (AvgIpc) is 3.18. The molecule has 0 saturated heterocycles. The molecule has 3 nitrogen and oxygen atoms in total. The number of aliphatic imine (C=N–C) groups is 1. The molecule has 0 aliphatic carbocycles. The minimum absolute atomic E-state index is 0.0490. The van der Waals surface area contributed by atoms with Gasteiger partial charge in [0, 0.05) is 4.90 Å². The third-order valence-corrected chi connectivity index (χ3v) is 5.96. The van der Waals surface area contributed by atoms with Crippen molar-refractivity contribution in [3.63, 3.8) is 0 Å². The summed E-state index contributed by atoms with van der Waals surface area (Å²) in [5.74, 6) is -1.57. The molecule has 3 aromatic carbocycles. The molecule has 148 valence electrons. The Balaban J connectivity index is 1.48. The summed E-state index contributed by atoms with van der Waals surface area (Å²) >= 11 is 0. The molecule has 4 rings (SSSR count). The number of ether oxygens (including phenoxy) is 1. The SMILES string of the molecule is O=S(Cc1ccc(C2COC(c3c(F)cccc3F)=N2)cc1)c1ccc(F)cc1. The second-order valence-electron chi connectivity index (χ2n) is 6.54. The van der Waals surface area contributed by atoms with Gasteiger partial charge in [0.1, 0.15) is 35.7 Å². The second kappa shape index (κ2) is 8.21. The molecule has 1 heterocycles. The van der Waals surface area contributed by atoms with E-state index in [1.165, 1.54) is 30.3 Å². The van der Waals surface area contributed by atoms with Crippen LogP contribution in [0.5, 0.6) is 0 Å². The zero-order chi connectivity index (χ0) is 20.4. The van der Waals surface area contributed by atoms with E-state index >= 15 is 0 Å². The molecule has 0 fully saturated rings. The zero-order valence-corrected chi connectivity index (χ0v) is 16.0. The molecule has 0 aromatic heterocycles. The molecule has 1 aliphatic rings. The van der Waals surface area contributed by atoms with Gasteiger partial charge in [0.05, 0.1) is 16.6 Å². The number of hydrogen-bond acceptors (Lipinski definition) is 3. The van der Waals surface area contributed by atoms with Gasteiger partial charge in [-0.15, -0.1) is 0 Å². The monoisotopic (exact) mass is 415 g/mol. The summed E-state index contributed by atoms with van der Waals surface area (Å²) in [5.41, 5.74) is 1.41. The first-order valence-electron chi connectivity index (χ1n) is 8.89. The summed E-state index contributed by atoms with van der Waals surface area (Å²) in [6.07, 6.45) is 0. The first-order valence-corrected chi connectivity index (χ1v) is 10.2. The molecule has 0 spiro atoms. The van der Waals surface area contributed by atoms with Gasteiger partial charge in [-0.2, -0.15) is 0 Å². The molecule has 0 bridgehead atoms. The van der Waals surface area contributed by atoms with E-state index in [2.05, 4.69) is 4.99 Å². The highest BCUT2D eigenvalue weighted by atomic mass is 32.2. The number of halogens is 3. The van der Waals surface area contributed by atoms with Gasteiger partial charge in [0.15, 0.2) is 0 Å². The van der Waals surface area contributed by atoms with Crippen LogP contribution < -0.4 is 0 Å². The molecule has 0 saturated carbocycles. The highest BCUT2D eigenvalue weighted by Crippen LogP contribution is 2.27. The van der Waals surface area contributed by atoms with Crippen molar-refractivity contribution in [2.24, 2.45) is 4.99 Å². The highest BCUT2D eigenvalue weighted by molar-refractivity contribution is 7.84. The molecule has 0 amide bonds. The fraction of sp³-hybridized carbons (Fsp3) is 0.136. The van der Waals surface area contributed by atoms with Crippen LogP contribution in [0.25, 0.3) is 0 Å². The second-order valence-corrected chi connectivity index (χ2v) is 7.99. The molecule has 7 heteroatoms. The Morgan fingerprint density at radius 1 is 0.931 bits per heavy atom. The maximum absolute atomic E-state index is 13.9. The average molecular weight is 415 g/mol. The van der Waals surface area contributed by atoms with Crippen molar-refractivity contribution < 1.29 is 22.1 Å². The zero-order valence-electron chi connectivity index (χ0n) is 15.1.